The lowest BCUT2D eigenvalue weighted by molar-refractivity contribution is 0.630. The van der Waals surface area contributed by atoms with Crippen molar-refractivity contribution in [2.24, 2.45) is 0 Å². The fraction of sp³-hybridized carbons (Fsp3) is 0.375. The van der Waals surface area contributed by atoms with Crippen molar-refractivity contribution in [1.29, 1.82) is 0 Å². The number of aryl methyl sites for hydroxylation is 1. The van der Waals surface area contributed by atoms with Gasteiger partial charge in [0.25, 0.3) is 0 Å². The third-order valence-electron chi connectivity index (χ3n) is 3.25. The summed E-state index contributed by atoms with van der Waals surface area (Å²) in [7, 11) is 0. The van der Waals surface area contributed by atoms with Crippen molar-refractivity contribution in [2.45, 2.75) is 33.6 Å². The molecule has 1 aromatic heterocycles. The highest BCUT2D eigenvalue weighted by molar-refractivity contribution is 6.31. The Morgan fingerprint density at radius 3 is 2.62 bits per heavy atom. The Morgan fingerprint density at radius 1 is 1.29 bits per heavy atom. The molecule has 1 aromatic carbocycles. The molecular weight excluding hydrogens is 289 g/mol. The third-order valence-corrected chi connectivity index (χ3v) is 3.54. The SMILES string of the molecule is CCNc1nc(-c2cccc(Cl)c2F)nc(C)c1C(C)C. The monoisotopic (exact) mass is 307 g/mol. The van der Waals surface area contributed by atoms with Crippen molar-refractivity contribution in [3.63, 3.8) is 0 Å². The lowest BCUT2D eigenvalue weighted by Gasteiger charge is -2.17. The maximum Gasteiger partial charge on any atom is 0.164 e. The predicted octanol–water partition coefficient (Wildman–Crippen LogP) is 4.80. The average Bonchev–Trinajstić information content (AvgIpc) is 2.41. The fourth-order valence-electron chi connectivity index (χ4n) is 2.37. The van der Waals surface area contributed by atoms with Crippen molar-refractivity contribution in [3.05, 3.63) is 40.3 Å². The lowest BCUT2D eigenvalue weighted by Crippen LogP contribution is -2.10. The molecule has 21 heavy (non-hydrogen) atoms. The average molecular weight is 308 g/mol. The summed E-state index contributed by atoms with van der Waals surface area (Å²) in [6.07, 6.45) is 0. The van der Waals surface area contributed by atoms with Gasteiger partial charge in [-0.15, -0.1) is 0 Å². The maximum atomic E-state index is 14.2. The van der Waals surface area contributed by atoms with Gasteiger partial charge in [0.1, 0.15) is 5.82 Å². The van der Waals surface area contributed by atoms with Gasteiger partial charge in [0.15, 0.2) is 11.6 Å². The second-order valence-electron chi connectivity index (χ2n) is 5.18. The van der Waals surface area contributed by atoms with E-state index in [2.05, 4.69) is 29.1 Å². The van der Waals surface area contributed by atoms with Crippen molar-refractivity contribution in [3.8, 4) is 11.4 Å². The Bertz CT molecular complexity index is 656. The Hall–Kier alpha value is -1.68. The van der Waals surface area contributed by atoms with Gasteiger partial charge < -0.3 is 5.32 Å². The molecule has 1 heterocycles. The first-order valence-corrected chi connectivity index (χ1v) is 7.40. The van der Waals surface area contributed by atoms with E-state index >= 15 is 0 Å². The predicted molar refractivity (Wildman–Crippen MR) is 85.4 cm³/mol. The molecule has 2 aromatic rings. The molecule has 1 N–H and O–H groups in total. The summed E-state index contributed by atoms with van der Waals surface area (Å²) < 4.78 is 14.2. The van der Waals surface area contributed by atoms with E-state index in [-0.39, 0.29) is 10.9 Å². The molecule has 2 rings (SSSR count). The highest BCUT2D eigenvalue weighted by Gasteiger charge is 2.17. The standard InChI is InChI=1S/C16H19ClFN3/c1-5-19-16-13(9(2)3)10(4)20-15(21-16)11-7-6-8-12(17)14(11)18/h6-9H,5H2,1-4H3,(H,19,20,21). The van der Waals surface area contributed by atoms with Crippen LogP contribution in [0.5, 0.6) is 0 Å². The molecule has 0 amide bonds. The fourth-order valence-corrected chi connectivity index (χ4v) is 2.55. The van der Waals surface area contributed by atoms with Crippen LogP contribution in [0.4, 0.5) is 10.2 Å². The Balaban J connectivity index is 2.63. The van der Waals surface area contributed by atoms with E-state index < -0.39 is 5.82 Å². The molecule has 0 aliphatic rings. The number of benzene rings is 1. The first-order valence-electron chi connectivity index (χ1n) is 7.02. The van der Waals surface area contributed by atoms with Gasteiger partial charge in [0.2, 0.25) is 0 Å². The van der Waals surface area contributed by atoms with Gasteiger partial charge in [-0.3, -0.25) is 0 Å². The van der Waals surface area contributed by atoms with E-state index in [4.69, 9.17) is 11.6 Å². The van der Waals surface area contributed by atoms with Crippen LogP contribution in [0.15, 0.2) is 18.2 Å². The van der Waals surface area contributed by atoms with E-state index in [1.807, 2.05) is 13.8 Å². The summed E-state index contributed by atoms with van der Waals surface area (Å²) in [4.78, 5) is 8.96. The molecule has 0 aliphatic heterocycles. The quantitative estimate of drug-likeness (QED) is 0.881. The van der Waals surface area contributed by atoms with E-state index in [0.29, 0.717) is 11.4 Å². The molecule has 0 bridgehead atoms. The number of rotatable bonds is 4. The molecule has 5 heteroatoms. The van der Waals surface area contributed by atoms with Gasteiger partial charge in [-0.2, -0.15) is 0 Å². The minimum atomic E-state index is -0.488. The molecule has 0 saturated carbocycles. The number of halogens is 2. The van der Waals surface area contributed by atoms with Gasteiger partial charge in [-0.05, 0) is 31.9 Å². The summed E-state index contributed by atoms with van der Waals surface area (Å²) >= 11 is 5.84. The van der Waals surface area contributed by atoms with E-state index in [9.17, 15) is 4.39 Å². The summed E-state index contributed by atoms with van der Waals surface area (Å²) in [5, 5.41) is 3.31. The van der Waals surface area contributed by atoms with E-state index in [0.717, 1.165) is 23.6 Å². The molecular formula is C16H19ClFN3. The molecule has 112 valence electrons. The van der Waals surface area contributed by atoms with Crippen LogP contribution in [0.2, 0.25) is 5.02 Å². The van der Waals surface area contributed by atoms with Crippen LogP contribution in [0, 0.1) is 12.7 Å². The van der Waals surface area contributed by atoms with E-state index in [1.54, 1.807) is 12.1 Å². The van der Waals surface area contributed by atoms with Crippen LogP contribution < -0.4 is 5.32 Å². The Morgan fingerprint density at radius 2 is 2.00 bits per heavy atom. The Labute approximate surface area is 129 Å². The first kappa shape index (κ1) is 15.7. The smallest absolute Gasteiger partial charge is 0.164 e. The van der Waals surface area contributed by atoms with Crippen molar-refractivity contribution >= 4 is 17.4 Å². The van der Waals surface area contributed by atoms with Crippen LogP contribution in [0.25, 0.3) is 11.4 Å². The molecule has 0 saturated heterocycles. The number of aromatic nitrogens is 2. The highest BCUT2D eigenvalue weighted by Crippen LogP contribution is 2.30. The lowest BCUT2D eigenvalue weighted by atomic mass is 10.0. The maximum absolute atomic E-state index is 14.2. The summed E-state index contributed by atoms with van der Waals surface area (Å²) in [6.45, 7) is 8.84. The number of hydrogen-bond donors (Lipinski definition) is 1. The minimum Gasteiger partial charge on any atom is -0.370 e. The molecule has 0 unspecified atom stereocenters. The molecule has 0 aliphatic carbocycles. The minimum absolute atomic E-state index is 0.0756. The van der Waals surface area contributed by atoms with Gasteiger partial charge in [-0.25, -0.2) is 14.4 Å². The number of anilines is 1. The first-order chi connectivity index (χ1) is 9.95. The molecule has 0 atom stereocenters. The van der Waals surface area contributed by atoms with E-state index in [1.165, 1.54) is 6.07 Å². The van der Waals surface area contributed by atoms with Crippen molar-refractivity contribution < 1.29 is 4.39 Å². The number of hydrogen-bond acceptors (Lipinski definition) is 3. The summed E-state index contributed by atoms with van der Waals surface area (Å²) in [5.74, 6) is 0.915. The van der Waals surface area contributed by atoms with Crippen LogP contribution in [-0.2, 0) is 0 Å². The third kappa shape index (κ3) is 3.16. The van der Waals surface area contributed by atoms with Gasteiger partial charge >= 0.3 is 0 Å². The van der Waals surface area contributed by atoms with Crippen molar-refractivity contribution in [2.75, 3.05) is 11.9 Å². The van der Waals surface area contributed by atoms with Crippen molar-refractivity contribution in [1.82, 2.24) is 9.97 Å². The topological polar surface area (TPSA) is 37.8 Å². The van der Waals surface area contributed by atoms with Crippen LogP contribution in [0.3, 0.4) is 0 Å². The highest BCUT2D eigenvalue weighted by atomic mass is 35.5. The normalized spacial score (nSPS) is 11.0. The second kappa shape index (κ2) is 6.39. The molecule has 3 nitrogen and oxygen atoms in total. The largest absolute Gasteiger partial charge is 0.370 e. The second-order valence-corrected chi connectivity index (χ2v) is 5.59. The van der Waals surface area contributed by atoms with Gasteiger partial charge in [-0.1, -0.05) is 31.5 Å². The van der Waals surface area contributed by atoms with Crippen LogP contribution in [-0.4, -0.2) is 16.5 Å². The number of nitrogens with one attached hydrogen (secondary N) is 1. The van der Waals surface area contributed by atoms with Gasteiger partial charge in [0.05, 0.1) is 10.6 Å². The number of nitrogens with zero attached hydrogens (tertiary/aromatic N) is 2. The Kier molecular flexibility index (Phi) is 4.78. The molecule has 0 fully saturated rings. The molecule has 0 spiro atoms. The zero-order chi connectivity index (χ0) is 15.6. The zero-order valence-electron chi connectivity index (χ0n) is 12.7. The zero-order valence-corrected chi connectivity index (χ0v) is 13.4. The van der Waals surface area contributed by atoms with Gasteiger partial charge in [0, 0.05) is 17.8 Å². The van der Waals surface area contributed by atoms with Crippen LogP contribution in [0.1, 0.15) is 37.9 Å². The summed E-state index contributed by atoms with van der Waals surface area (Å²) in [6, 6.07) is 4.85. The van der Waals surface area contributed by atoms with Crippen LogP contribution >= 0.6 is 11.6 Å². The summed E-state index contributed by atoms with van der Waals surface area (Å²) in [5.41, 5.74) is 2.23. The molecule has 0 radical (unpaired) electrons.